The minimum atomic E-state index is 0.0269. The van der Waals surface area contributed by atoms with Gasteiger partial charge in [0, 0.05) is 57.9 Å². The maximum Gasteiger partial charge on any atom is 0.227 e. The second-order valence-corrected chi connectivity index (χ2v) is 8.68. The third-order valence-corrected chi connectivity index (χ3v) is 6.83. The number of pyridine rings is 1. The van der Waals surface area contributed by atoms with Crippen LogP contribution in [-0.2, 0) is 4.79 Å². The molecule has 0 spiro atoms. The highest BCUT2D eigenvalue weighted by Gasteiger charge is 2.32. The SMILES string of the molecule is O=C(C1CCCN(c2nnc(-n3cccc3)s2)C1)N1CCN(c2ccccn2)CC1. The molecule has 0 saturated carbocycles. The lowest BCUT2D eigenvalue weighted by atomic mass is 9.96. The first-order chi connectivity index (χ1) is 14.8. The first kappa shape index (κ1) is 19.0. The largest absolute Gasteiger partial charge is 0.353 e. The summed E-state index contributed by atoms with van der Waals surface area (Å²) in [5, 5.41) is 10.4. The molecule has 2 fully saturated rings. The molecule has 156 valence electrons. The number of piperazine rings is 1. The molecule has 2 aliphatic heterocycles. The molecule has 30 heavy (non-hydrogen) atoms. The number of aromatic nitrogens is 4. The van der Waals surface area contributed by atoms with Crippen LogP contribution in [-0.4, -0.2) is 69.8 Å². The topological polar surface area (TPSA) is 70.4 Å². The fourth-order valence-corrected chi connectivity index (χ4v) is 5.06. The molecule has 3 aromatic rings. The maximum absolute atomic E-state index is 13.2. The molecular weight excluding hydrogens is 398 g/mol. The van der Waals surface area contributed by atoms with Crippen molar-refractivity contribution in [3.63, 3.8) is 0 Å². The molecule has 8 nitrogen and oxygen atoms in total. The Bertz CT molecular complexity index is 966. The number of nitrogens with zero attached hydrogens (tertiary/aromatic N) is 7. The molecule has 0 aromatic carbocycles. The van der Waals surface area contributed by atoms with Crippen LogP contribution < -0.4 is 9.80 Å². The van der Waals surface area contributed by atoms with Gasteiger partial charge >= 0.3 is 0 Å². The predicted octanol–water partition coefficient (Wildman–Crippen LogP) is 2.29. The van der Waals surface area contributed by atoms with Gasteiger partial charge in [0.2, 0.25) is 16.2 Å². The molecule has 2 aliphatic rings. The summed E-state index contributed by atoms with van der Waals surface area (Å²) in [5.74, 6) is 1.29. The molecule has 0 radical (unpaired) electrons. The lowest BCUT2D eigenvalue weighted by Crippen LogP contribution is -2.52. The van der Waals surface area contributed by atoms with E-state index in [0.29, 0.717) is 0 Å². The number of carbonyl (C=O) groups is 1. The Balaban J connectivity index is 1.20. The monoisotopic (exact) mass is 423 g/mol. The van der Waals surface area contributed by atoms with Crippen LogP contribution in [0.15, 0.2) is 48.9 Å². The van der Waals surface area contributed by atoms with Crippen molar-refractivity contribution in [3.8, 4) is 5.13 Å². The van der Waals surface area contributed by atoms with E-state index < -0.39 is 0 Å². The molecule has 5 rings (SSSR count). The molecule has 2 saturated heterocycles. The lowest BCUT2D eigenvalue weighted by Gasteiger charge is -2.39. The Kier molecular flexibility index (Phi) is 5.35. The zero-order valence-electron chi connectivity index (χ0n) is 16.8. The lowest BCUT2D eigenvalue weighted by molar-refractivity contribution is -0.136. The van der Waals surface area contributed by atoms with Gasteiger partial charge in [-0.3, -0.25) is 9.36 Å². The first-order valence-electron chi connectivity index (χ1n) is 10.4. The smallest absolute Gasteiger partial charge is 0.227 e. The third kappa shape index (κ3) is 3.89. The van der Waals surface area contributed by atoms with Gasteiger partial charge in [-0.15, -0.1) is 10.2 Å². The number of hydrogen-bond acceptors (Lipinski definition) is 7. The van der Waals surface area contributed by atoms with Crippen molar-refractivity contribution >= 4 is 28.2 Å². The van der Waals surface area contributed by atoms with Gasteiger partial charge in [0.15, 0.2) is 0 Å². The van der Waals surface area contributed by atoms with Crippen LogP contribution >= 0.6 is 11.3 Å². The molecule has 1 unspecified atom stereocenters. The van der Waals surface area contributed by atoms with Crippen molar-refractivity contribution < 1.29 is 4.79 Å². The zero-order chi connectivity index (χ0) is 20.3. The summed E-state index contributed by atoms with van der Waals surface area (Å²) in [4.78, 5) is 24.1. The number of hydrogen-bond donors (Lipinski definition) is 0. The third-order valence-electron chi connectivity index (χ3n) is 5.83. The van der Waals surface area contributed by atoms with E-state index in [9.17, 15) is 4.79 Å². The van der Waals surface area contributed by atoms with Crippen LogP contribution in [0.4, 0.5) is 10.9 Å². The summed E-state index contributed by atoms with van der Waals surface area (Å²) in [6.07, 6.45) is 7.70. The minimum absolute atomic E-state index is 0.0269. The van der Waals surface area contributed by atoms with Crippen LogP contribution in [0, 0.1) is 5.92 Å². The molecule has 3 aromatic heterocycles. The highest BCUT2D eigenvalue weighted by molar-refractivity contribution is 7.17. The summed E-state index contributed by atoms with van der Waals surface area (Å²) >= 11 is 1.57. The van der Waals surface area contributed by atoms with Crippen LogP contribution in [0.5, 0.6) is 0 Å². The molecule has 0 aliphatic carbocycles. The minimum Gasteiger partial charge on any atom is -0.353 e. The van der Waals surface area contributed by atoms with Gasteiger partial charge < -0.3 is 14.7 Å². The zero-order valence-corrected chi connectivity index (χ0v) is 17.6. The number of anilines is 2. The standard InChI is InChI=1S/C21H25N7OS/c29-19(26-14-12-25(13-15-26)18-7-1-2-8-22-18)17-6-5-11-28(16-17)21-24-23-20(30-21)27-9-3-4-10-27/h1-4,7-10,17H,5-6,11-16H2. The Morgan fingerprint density at radius 2 is 1.73 bits per heavy atom. The summed E-state index contributed by atoms with van der Waals surface area (Å²) in [6, 6.07) is 9.91. The molecular formula is C21H25N7OS. The molecule has 9 heteroatoms. The van der Waals surface area contributed by atoms with Gasteiger partial charge in [-0.2, -0.15) is 0 Å². The highest BCUT2D eigenvalue weighted by Crippen LogP contribution is 2.29. The Morgan fingerprint density at radius 3 is 2.50 bits per heavy atom. The number of amides is 1. The highest BCUT2D eigenvalue weighted by atomic mass is 32.1. The molecule has 1 atom stereocenters. The average Bonchev–Trinajstić information content (AvgIpc) is 3.52. The van der Waals surface area contributed by atoms with E-state index in [4.69, 9.17) is 0 Å². The fourth-order valence-electron chi connectivity index (χ4n) is 4.21. The average molecular weight is 424 g/mol. The Morgan fingerprint density at radius 1 is 0.933 bits per heavy atom. The number of rotatable bonds is 4. The second-order valence-electron chi connectivity index (χ2n) is 7.74. The van der Waals surface area contributed by atoms with Crippen molar-refractivity contribution in [3.05, 3.63) is 48.9 Å². The van der Waals surface area contributed by atoms with Crippen molar-refractivity contribution in [2.24, 2.45) is 5.92 Å². The first-order valence-corrected chi connectivity index (χ1v) is 11.3. The van der Waals surface area contributed by atoms with Gasteiger partial charge in [-0.05, 0) is 37.1 Å². The van der Waals surface area contributed by atoms with Gasteiger partial charge in [-0.25, -0.2) is 4.98 Å². The number of carbonyl (C=O) groups excluding carboxylic acids is 1. The van der Waals surface area contributed by atoms with Crippen molar-refractivity contribution in [1.82, 2.24) is 24.6 Å². The second kappa shape index (κ2) is 8.43. The predicted molar refractivity (Wildman–Crippen MR) is 117 cm³/mol. The van der Waals surface area contributed by atoms with E-state index in [1.54, 1.807) is 11.3 Å². The molecule has 5 heterocycles. The normalized spacial score (nSPS) is 19.9. The van der Waals surface area contributed by atoms with E-state index in [-0.39, 0.29) is 11.8 Å². The molecule has 1 amide bonds. The van der Waals surface area contributed by atoms with E-state index >= 15 is 0 Å². The summed E-state index contributed by atoms with van der Waals surface area (Å²) in [6.45, 7) is 4.81. The summed E-state index contributed by atoms with van der Waals surface area (Å²) in [5.41, 5.74) is 0. The van der Waals surface area contributed by atoms with Gasteiger partial charge in [0.1, 0.15) is 5.82 Å². The fraction of sp³-hybridized carbons (Fsp3) is 0.429. The van der Waals surface area contributed by atoms with Crippen LogP contribution in [0.2, 0.25) is 0 Å². The quantitative estimate of drug-likeness (QED) is 0.641. The van der Waals surface area contributed by atoms with Gasteiger partial charge in [-0.1, -0.05) is 17.4 Å². The number of piperidine rings is 1. The Hall–Kier alpha value is -2.94. The summed E-state index contributed by atoms with van der Waals surface area (Å²) in [7, 11) is 0. The molecule has 0 N–H and O–H groups in total. The molecule has 0 bridgehead atoms. The van der Waals surface area contributed by atoms with E-state index in [2.05, 4.69) is 25.0 Å². The maximum atomic E-state index is 13.2. The Labute approximate surface area is 179 Å². The van der Waals surface area contributed by atoms with Crippen LogP contribution in [0.1, 0.15) is 12.8 Å². The van der Waals surface area contributed by atoms with E-state index in [1.165, 1.54) is 0 Å². The van der Waals surface area contributed by atoms with Crippen LogP contribution in [0.25, 0.3) is 5.13 Å². The van der Waals surface area contributed by atoms with Crippen molar-refractivity contribution in [2.75, 3.05) is 49.1 Å². The van der Waals surface area contributed by atoms with Crippen molar-refractivity contribution in [2.45, 2.75) is 12.8 Å². The van der Waals surface area contributed by atoms with E-state index in [0.717, 1.165) is 68.2 Å². The van der Waals surface area contributed by atoms with E-state index in [1.807, 2.05) is 58.4 Å². The van der Waals surface area contributed by atoms with Gasteiger partial charge in [0.25, 0.3) is 0 Å². The van der Waals surface area contributed by atoms with Crippen molar-refractivity contribution in [1.29, 1.82) is 0 Å². The van der Waals surface area contributed by atoms with Gasteiger partial charge in [0.05, 0.1) is 5.92 Å². The summed E-state index contributed by atoms with van der Waals surface area (Å²) < 4.78 is 1.97. The van der Waals surface area contributed by atoms with Crippen LogP contribution in [0.3, 0.4) is 0 Å².